The van der Waals surface area contributed by atoms with Gasteiger partial charge in [-0.15, -0.1) is 23.7 Å². The molecule has 0 spiro atoms. The van der Waals surface area contributed by atoms with E-state index < -0.39 is 12.0 Å². The Hall–Kier alpha value is -1.11. The summed E-state index contributed by atoms with van der Waals surface area (Å²) in [4.78, 5) is 23.9. The molecule has 5 nitrogen and oxygen atoms in total. The summed E-state index contributed by atoms with van der Waals surface area (Å²) in [6, 6.07) is 2.92. The van der Waals surface area contributed by atoms with Gasteiger partial charge in [-0.3, -0.25) is 4.79 Å². The predicted octanol–water partition coefficient (Wildman–Crippen LogP) is 1.11. The zero-order chi connectivity index (χ0) is 12.7. The standard InChI is InChI=1S/C11H16N2O3S.ClH/c1-12-6-5-9(14)13-10(11(15)16-2)8-4-3-7-17-8;/h3-4,7,10,12H,5-6H2,1-2H3,(H,13,14);1H. The monoisotopic (exact) mass is 292 g/mol. The third kappa shape index (κ3) is 5.03. The van der Waals surface area contributed by atoms with Crippen molar-refractivity contribution in [2.24, 2.45) is 0 Å². The van der Waals surface area contributed by atoms with Gasteiger partial charge in [0, 0.05) is 17.8 Å². The van der Waals surface area contributed by atoms with Crippen molar-refractivity contribution in [1.82, 2.24) is 10.6 Å². The van der Waals surface area contributed by atoms with Crippen molar-refractivity contribution in [2.75, 3.05) is 20.7 Å². The first-order valence-electron chi connectivity index (χ1n) is 5.24. The highest BCUT2D eigenvalue weighted by Crippen LogP contribution is 2.20. The molecule has 0 aliphatic carbocycles. The molecule has 0 bridgehead atoms. The van der Waals surface area contributed by atoms with Gasteiger partial charge in [-0.2, -0.15) is 0 Å². The summed E-state index contributed by atoms with van der Waals surface area (Å²) in [5.74, 6) is -0.631. The Bertz CT molecular complexity index is 370. The molecule has 1 atom stereocenters. The Labute approximate surface area is 116 Å². The highest BCUT2D eigenvalue weighted by atomic mass is 35.5. The lowest BCUT2D eigenvalue weighted by Gasteiger charge is -2.14. The summed E-state index contributed by atoms with van der Waals surface area (Å²) >= 11 is 1.41. The van der Waals surface area contributed by atoms with Crippen LogP contribution in [0.2, 0.25) is 0 Å². The minimum atomic E-state index is -0.704. The van der Waals surface area contributed by atoms with Crippen molar-refractivity contribution >= 4 is 35.6 Å². The van der Waals surface area contributed by atoms with Gasteiger partial charge in [-0.05, 0) is 18.5 Å². The topological polar surface area (TPSA) is 67.4 Å². The van der Waals surface area contributed by atoms with E-state index in [2.05, 4.69) is 15.4 Å². The molecule has 1 aromatic rings. The van der Waals surface area contributed by atoms with Gasteiger partial charge in [-0.25, -0.2) is 4.79 Å². The van der Waals surface area contributed by atoms with Gasteiger partial charge >= 0.3 is 5.97 Å². The second-order valence-electron chi connectivity index (χ2n) is 3.39. The molecule has 0 aliphatic heterocycles. The van der Waals surface area contributed by atoms with Crippen LogP contribution in [0.3, 0.4) is 0 Å². The Morgan fingerprint density at radius 1 is 1.50 bits per heavy atom. The number of ether oxygens (including phenoxy) is 1. The van der Waals surface area contributed by atoms with Gasteiger partial charge in [0.15, 0.2) is 6.04 Å². The summed E-state index contributed by atoms with van der Waals surface area (Å²) < 4.78 is 4.68. The third-order valence-corrected chi connectivity index (χ3v) is 3.11. The first-order valence-corrected chi connectivity index (χ1v) is 6.12. The number of thiophene rings is 1. The second-order valence-corrected chi connectivity index (χ2v) is 4.37. The van der Waals surface area contributed by atoms with Gasteiger partial charge in [0.2, 0.25) is 5.91 Å². The maximum absolute atomic E-state index is 11.6. The highest BCUT2D eigenvalue weighted by Gasteiger charge is 2.23. The lowest BCUT2D eigenvalue weighted by Crippen LogP contribution is -2.35. The average Bonchev–Trinajstić information content (AvgIpc) is 2.86. The molecular formula is C11H17ClN2O3S. The van der Waals surface area contributed by atoms with Gasteiger partial charge in [0.25, 0.3) is 0 Å². The van der Waals surface area contributed by atoms with E-state index >= 15 is 0 Å². The number of methoxy groups -OCH3 is 1. The fourth-order valence-corrected chi connectivity index (χ4v) is 2.05. The van der Waals surface area contributed by atoms with Gasteiger partial charge in [0.1, 0.15) is 0 Å². The molecule has 0 saturated heterocycles. The van der Waals surface area contributed by atoms with Crippen LogP contribution < -0.4 is 10.6 Å². The van der Waals surface area contributed by atoms with Crippen molar-refractivity contribution in [3.05, 3.63) is 22.4 Å². The van der Waals surface area contributed by atoms with E-state index in [-0.39, 0.29) is 18.3 Å². The average molecular weight is 293 g/mol. The number of amides is 1. The van der Waals surface area contributed by atoms with Crippen LogP contribution in [-0.4, -0.2) is 32.6 Å². The Balaban J connectivity index is 0.00000289. The highest BCUT2D eigenvalue weighted by molar-refractivity contribution is 7.10. The molecule has 1 amide bonds. The van der Waals surface area contributed by atoms with Crippen LogP contribution in [-0.2, 0) is 14.3 Å². The van der Waals surface area contributed by atoms with E-state index in [1.165, 1.54) is 18.4 Å². The lowest BCUT2D eigenvalue weighted by molar-refractivity contribution is -0.145. The zero-order valence-corrected chi connectivity index (χ0v) is 11.9. The second kappa shape index (κ2) is 8.91. The fraction of sp³-hybridized carbons (Fsp3) is 0.455. The summed E-state index contributed by atoms with van der Waals surface area (Å²) in [7, 11) is 3.08. The van der Waals surface area contributed by atoms with E-state index in [4.69, 9.17) is 0 Å². The molecule has 0 aliphatic rings. The van der Waals surface area contributed by atoms with Crippen LogP contribution in [0.1, 0.15) is 17.3 Å². The minimum absolute atomic E-state index is 0. The van der Waals surface area contributed by atoms with Crippen LogP contribution in [0.15, 0.2) is 17.5 Å². The molecular weight excluding hydrogens is 276 g/mol. The zero-order valence-electron chi connectivity index (χ0n) is 10.3. The van der Waals surface area contributed by atoms with E-state index in [0.29, 0.717) is 13.0 Å². The van der Waals surface area contributed by atoms with Gasteiger partial charge in [0.05, 0.1) is 7.11 Å². The molecule has 2 N–H and O–H groups in total. The van der Waals surface area contributed by atoms with E-state index in [1.54, 1.807) is 13.1 Å². The fourth-order valence-electron chi connectivity index (χ4n) is 1.29. The van der Waals surface area contributed by atoms with Crippen LogP contribution in [0.25, 0.3) is 0 Å². The molecule has 1 unspecified atom stereocenters. The first kappa shape index (κ1) is 16.9. The smallest absolute Gasteiger partial charge is 0.333 e. The normalized spacial score (nSPS) is 11.2. The number of halogens is 1. The van der Waals surface area contributed by atoms with Crippen molar-refractivity contribution in [3.8, 4) is 0 Å². The van der Waals surface area contributed by atoms with Crippen molar-refractivity contribution in [1.29, 1.82) is 0 Å². The van der Waals surface area contributed by atoms with Crippen molar-refractivity contribution in [2.45, 2.75) is 12.5 Å². The van der Waals surface area contributed by atoms with E-state index in [0.717, 1.165) is 4.88 Å². The Kier molecular flexibility index (Phi) is 8.36. The molecule has 0 radical (unpaired) electrons. The van der Waals surface area contributed by atoms with E-state index in [1.807, 2.05) is 11.4 Å². The molecule has 102 valence electrons. The first-order chi connectivity index (χ1) is 8.19. The molecule has 0 saturated carbocycles. The largest absolute Gasteiger partial charge is 0.467 e. The summed E-state index contributed by atoms with van der Waals surface area (Å²) in [5, 5.41) is 7.39. The number of carbonyl (C=O) groups is 2. The Morgan fingerprint density at radius 2 is 2.22 bits per heavy atom. The molecule has 1 heterocycles. The van der Waals surface area contributed by atoms with Crippen LogP contribution in [0, 0.1) is 0 Å². The SMILES string of the molecule is CNCCC(=O)NC(C(=O)OC)c1cccs1.Cl. The molecule has 0 fully saturated rings. The van der Waals surface area contributed by atoms with E-state index in [9.17, 15) is 9.59 Å². The number of nitrogens with one attached hydrogen (secondary N) is 2. The van der Waals surface area contributed by atoms with Crippen LogP contribution in [0.4, 0.5) is 0 Å². The molecule has 7 heteroatoms. The maximum atomic E-state index is 11.6. The predicted molar refractivity (Wildman–Crippen MR) is 73.0 cm³/mol. The maximum Gasteiger partial charge on any atom is 0.333 e. The summed E-state index contributed by atoms with van der Waals surface area (Å²) in [5.41, 5.74) is 0. The molecule has 18 heavy (non-hydrogen) atoms. The van der Waals surface area contributed by atoms with Crippen molar-refractivity contribution in [3.63, 3.8) is 0 Å². The third-order valence-electron chi connectivity index (χ3n) is 2.17. The van der Waals surface area contributed by atoms with Gasteiger partial charge < -0.3 is 15.4 Å². The molecule has 0 aromatic carbocycles. The number of hydrogen-bond donors (Lipinski definition) is 2. The number of esters is 1. The van der Waals surface area contributed by atoms with Crippen LogP contribution >= 0.6 is 23.7 Å². The lowest BCUT2D eigenvalue weighted by atomic mass is 10.2. The minimum Gasteiger partial charge on any atom is -0.467 e. The number of rotatable bonds is 6. The van der Waals surface area contributed by atoms with Crippen LogP contribution in [0.5, 0.6) is 0 Å². The molecule has 1 aromatic heterocycles. The van der Waals surface area contributed by atoms with Crippen molar-refractivity contribution < 1.29 is 14.3 Å². The summed E-state index contributed by atoms with van der Waals surface area (Å²) in [6.07, 6.45) is 0.329. The molecule has 1 rings (SSSR count). The quantitative estimate of drug-likeness (QED) is 0.771. The summed E-state index contributed by atoms with van der Waals surface area (Å²) in [6.45, 7) is 0.574. The van der Waals surface area contributed by atoms with Gasteiger partial charge in [-0.1, -0.05) is 6.07 Å². The Morgan fingerprint density at radius 3 is 2.72 bits per heavy atom. The number of hydrogen-bond acceptors (Lipinski definition) is 5. The number of carbonyl (C=O) groups excluding carboxylic acids is 2.